The Hall–Kier alpha value is -1.62. The topological polar surface area (TPSA) is 54.0 Å². The molecule has 0 aliphatic heterocycles. The number of rotatable bonds is 4. The zero-order valence-corrected chi connectivity index (χ0v) is 12.3. The van der Waals surface area contributed by atoms with Crippen molar-refractivity contribution in [3.05, 3.63) is 23.7 Å². The van der Waals surface area contributed by atoms with Crippen molar-refractivity contribution < 1.29 is 4.79 Å². The third-order valence-corrected chi connectivity index (χ3v) is 3.42. The average Bonchev–Trinajstić information content (AvgIpc) is 2.75. The van der Waals surface area contributed by atoms with Crippen molar-refractivity contribution in [3.63, 3.8) is 0 Å². The Morgan fingerprint density at radius 2 is 2.16 bits per heavy atom. The second kappa shape index (κ2) is 5.57. The highest BCUT2D eigenvalue weighted by Gasteiger charge is 2.13. The molecule has 0 spiro atoms. The van der Waals surface area contributed by atoms with Crippen molar-refractivity contribution in [2.75, 3.05) is 11.9 Å². The van der Waals surface area contributed by atoms with Crippen LogP contribution in [0.4, 0.5) is 5.82 Å². The van der Waals surface area contributed by atoms with Crippen LogP contribution >= 0.6 is 11.3 Å². The number of hydrogen-bond donors (Lipinski definition) is 2. The quantitative estimate of drug-likeness (QED) is 0.903. The molecular formula is C14H19N3OS. The van der Waals surface area contributed by atoms with Gasteiger partial charge in [-0.05, 0) is 38.3 Å². The van der Waals surface area contributed by atoms with Crippen molar-refractivity contribution in [2.45, 2.75) is 32.7 Å². The van der Waals surface area contributed by atoms with Gasteiger partial charge in [-0.1, -0.05) is 0 Å². The molecule has 0 atom stereocenters. The molecule has 102 valence electrons. The Kier molecular flexibility index (Phi) is 4.04. The van der Waals surface area contributed by atoms with E-state index in [9.17, 15) is 4.79 Å². The largest absolute Gasteiger partial charge is 0.369 e. The molecule has 0 saturated carbocycles. The number of nitrogens with one attached hydrogen (secondary N) is 2. The molecule has 0 bridgehead atoms. The van der Waals surface area contributed by atoms with Crippen molar-refractivity contribution in [1.29, 1.82) is 0 Å². The molecule has 0 saturated heterocycles. The summed E-state index contributed by atoms with van der Waals surface area (Å²) in [6, 6.07) is 4.04. The summed E-state index contributed by atoms with van der Waals surface area (Å²) in [4.78, 5) is 16.0. The molecule has 0 fully saturated rings. The van der Waals surface area contributed by atoms with E-state index in [2.05, 4.69) is 15.6 Å². The fourth-order valence-corrected chi connectivity index (χ4v) is 2.59. The molecule has 1 amide bonds. The maximum absolute atomic E-state index is 11.7. The lowest BCUT2D eigenvalue weighted by molar-refractivity contribution is -0.122. The standard InChI is InChI=1S/C14H19N3OS/c1-14(2,3)17-12(18)5-8-16-13-10-6-9-19-11(10)4-7-15-13/h4,6-7,9H,5,8H2,1-3H3,(H,15,16)(H,17,18). The molecule has 2 heterocycles. The second-order valence-electron chi connectivity index (χ2n) is 5.47. The molecule has 5 heteroatoms. The highest BCUT2D eigenvalue weighted by atomic mass is 32.1. The third-order valence-electron chi connectivity index (χ3n) is 2.54. The number of anilines is 1. The van der Waals surface area contributed by atoms with Gasteiger partial charge < -0.3 is 10.6 Å². The molecular weight excluding hydrogens is 258 g/mol. The van der Waals surface area contributed by atoms with Crippen LogP contribution < -0.4 is 10.6 Å². The number of pyridine rings is 1. The molecule has 0 aliphatic rings. The first-order chi connectivity index (χ1) is 8.96. The van der Waals surface area contributed by atoms with Gasteiger partial charge in [-0.3, -0.25) is 4.79 Å². The van der Waals surface area contributed by atoms with Crippen LogP contribution in [0.1, 0.15) is 27.2 Å². The molecule has 2 N–H and O–H groups in total. The van der Waals surface area contributed by atoms with Crippen LogP contribution in [0.5, 0.6) is 0 Å². The first-order valence-corrected chi connectivity index (χ1v) is 7.21. The number of aromatic nitrogens is 1. The van der Waals surface area contributed by atoms with E-state index in [0.717, 1.165) is 11.2 Å². The highest BCUT2D eigenvalue weighted by Crippen LogP contribution is 2.25. The Morgan fingerprint density at radius 3 is 2.89 bits per heavy atom. The summed E-state index contributed by atoms with van der Waals surface area (Å²) in [5.41, 5.74) is -0.178. The minimum Gasteiger partial charge on any atom is -0.369 e. The Bertz CT molecular complexity index is 571. The number of hydrogen-bond acceptors (Lipinski definition) is 4. The Balaban J connectivity index is 1.89. The monoisotopic (exact) mass is 277 g/mol. The predicted octanol–water partition coefficient (Wildman–Crippen LogP) is 3.01. The summed E-state index contributed by atoms with van der Waals surface area (Å²) in [7, 11) is 0. The normalized spacial score (nSPS) is 11.5. The highest BCUT2D eigenvalue weighted by molar-refractivity contribution is 7.17. The maximum Gasteiger partial charge on any atom is 0.222 e. The van der Waals surface area contributed by atoms with Gasteiger partial charge in [0.25, 0.3) is 0 Å². The van der Waals surface area contributed by atoms with Gasteiger partial charge in [-0.15, -0.1) is 11.3 Å². The first kappa shape index (κ1) is 13.8. The lowest BCUT2D eigenvalue weighted by Gasteiger charge is -2.20. The van der Waals surface area contributed by atoms with E-state index < -0.39 is 0 Å². The van der Waals surface area contributed by atoms with E-state index in [0.29, 0.717) is 13.0 Å². The fourth-order valence-electron chi connectivity index (χ4n) is 1.81. The molecule has 2 aromatic rings. The van der Waals surface area contributed by atoms with Crippen molar-refractivity contribution in [1.82, 2.24) is 10.3 Å². The zero-order chi connectivity index (χ0) is 13.9. The molecule has 0 radical (unpaired) electrons. The first-order valence-electron chi connectivity index (χ1n) is 6.33. The van der Waals surface area contributed by atoms with E-state index in [1.807, 2.05) is 38.3 Å². The molecule has 0 aromatic carbocycles. The minimum atomic E-state index is -0.178. The molecule has 0 unspecified atom stereocenters. The Labute approximate surface area is 117 Å². The summed E-state index contributed by atoms with van der Waals surface area (Å²) in [5.74, 6) is 0.903. The summed E-state index contributed by atoms with van der Waals surface area (Å²) >= 11 is 1.69. The predicted molar refractivity (Wildman–Crippen MR) is 80.6 cm³/mol. The van der Waals surface area contributed by atoms with Gasteiger partial charge in [0.2, 0.25) is 5.91 Å². The van der Waals surface area contributed by atoms with E-state index in [4.69, 9.17) is 0 Å². The summed E-state index contributed by atoms with van der Waals surface area (Å²) in [5, 5.41) is 9.33. The number of carbonyl (C=O) groups excluding carboxylic acids is 1. The molecule has 2 aromatic heterocycles. The summed E-state index contributed by atoms with van der Waals surface area (Å²) in [6.45, 7) is 6.52. The minimum absolute atomic E-state index is 0.0532. The van der Waals surface area contributed by atoms with Gasteiger partial charge in [0.05, 0.1) is 0 Å². The molecule has 4 nitrogen and oxygen atoms in total. The van der Waals surface area contributed by atoms with Crippen LogP contribution in [-0.4, -0.2) is 23.0 Å². The van der Waals surface area contributed by atoms with Crippen molar-refractivity contribution in [3.8, 4) is 0 Å². The molecule has 0 aliphatic carbocycles. The van der Waals surface area contributed by atoms with E-state index in [1.54, 1.807) is 17.5 Å². The second-order valence-corrected chi connectivity index (χ2v) is 6.41. The number of carbonyl (C=O) groups is 1. The van der Waals surface area contributed by atoms with Gasteiger partial charge in [0, 0.05) is 34.8 Å². The lowest BCUT2D eigenvalue weighted by Crippen LogP contribution is -2.41. The fraction of sp³-hybridized carbons (Fsp3) is 0.429. The number of amides is 1. The molecule has 2 rings (SSSR count). The van der Waals surface area contributed by atoms with Crippen LogP contribution in [0.2, 0.25) is 0 Å². The Morgan fingerprint density at radius 1 is 1.37 bits per heavy atom. The van der Waals surface area contributed by atoms with Crippen LogP contribution in [0.3, 0.4) is 0 Å². The number of thiophene rings is 1. The van der Waals surface area contributed by atoms with Crippen LogP contribution in [-0.2, 0) is 4.79 Å². The summed E-state index contributed by atoms with van der Waals surface area (Å²) in [6.07, 6.45) is 2.23. The van der Waals surface area contributed by atoms with E-state index >= 15 is 0 Å². The van der Waals surface area contributed by atoms with Gasteiger partial charge in [-0.2, -0.15) is 0 Å². The smallest absolute Gasteiger partial charge is 0.222 e. The maximum atomic E-state index is 11.7. The third kappa shape index (κ3) is 3.92. The van der Waals surface area contributed by atoms with E-state index in [1.165, 1.54) is 4.70 Å². The average molecular weight is 277 g/mol. The van der Waals surface area contributed by atoms with Crippen LogP contribution in [0, 0.1) is 0 Å². The van der Waals surface area contributed by atoms with Gasteiger partial charge in [-0.25, -0.2) is 4.98 Å². The number of fused-ring (bicyclic) bond motifs is 1. The van der Waals surface area contributed by atoms with Crippen LogP contribution in [0.25, 0.3) is 10.1 Å². The lowest BCUT2D eigenvalue weighted by atomic mass is 10.1. The van der Waals surface area contributed by atoms with Gasteiger partial charge in [0.15, 0.2) is 0 Å². The van der Waals surface area contributed by atoms with Crippen LogP contribution in [0.15, 0.2) is 23.7 Å². The van der Waals surface area contributed by atoms with Crippen molar-refractivity contribution >= 4 is 33.1 Å². The number of nitrogens with zero attached hydrogens (tertiary/aromatic N) is 1. The SMILES string of the molecule is CC(C)(C)NC(=O)CCNc1nccc2sccc12. The molecule has 19 heavy (non-hydrogen) atoms. The zero-order valence-electron chi connectivity index (χ0n) is 11.5. The van der Waals surface area contributed by atoms with Crippen molar-refractivity contribution in [2.24, 2.45) is 0 Å². The summed E-state index contributed by atoms with van der Waals surface area (Å²) < 4.78 is 1.21. The van der Waals surface area contributed by atoms with Gasteiger partial charge >= 0.3 is 0 Å². The van der Waals surface area contributed by atoms with Gasteiger partial charge in [0.1, 0.15) is 5.82 Å². The van der Waals surface area contributed by atoms with E-state index in [-0.39, 0.29) is 11.4 Å².